The monoisotopic (exact) mass is 187 g/mol. The van der Waals surface area contributed by atoms with Gasteiger partial charge in [0.15, 0.2) is 0 Å². The highest BCUT2D eigenvalue weighted by Crippen LogP contribution is 2.21. The van der Waals surface area contributed by atoms with Crippen molar-refractivity contribution in [1.29, 1.82) is 0 Å². The van der Waals surface area contributed by atoms with Crippen LogP contribution >= 0.6 is 11.6 Å². The molecule has 0 aromatic carbocycles. The van der Waals surface area contributed by atoms with Crippen LogP contribution < -0.4 is 4.74 Å². The summed E-state index contributed by atoms with van der Waals surface area (Å²) < 4.78 is 9.81. The number of hydrogen-bond donors (Lipinski definition) is 0. The summed E-state index contributed by atoms with van der Waals surface area (Å²) in [6.45, 7) is 0.511. The molecule has 0 saturated carbocycles. The summed E-state index contributed by atoms with van der Waals surface area (Å²) >= 11 is 5.82. The van der Waals surface area contributed by atoms with E-state index < -0.39 is 0 Å². The summed E-state index contributed by atoms with van der Waals surface area (Å²) in [6.07, 6.45) is 1.67. The van der Waals surface area contributed by atoms with Crippen LogP contribution in [0.2, 0.25) is 5.02 Å². The van der Waals surface area contributed by atoms with E-state index in [9.17, 15) is 0 Å². The summed E-state index contributed by atoms with van der Waals surface area (Å²) in [6, 6.07) is 1.77. The van der Waals surface area contributed by atoms with Crippen molar-refractivity contribution >= 4 is 11.6 Å². The molecule has 0 bridgehead atoms. The molecule has 0 aliphatic carbocycles. The molecule has 66 valence electrons. The summed E-state index contributed by atoms with van der Waals surface area (Å²) in [7, 11) is 3.16. The largest absolute Gasteiger partial charge is 0.480 e. The van der Waals surface area contributed by atoms with E-state index in [1.807, 2.05) is 0 Å². The quantitative estimate of drug-likeness (QED) is 0.724. The van der Waals surface area contributed by atoms with Gasteiger partial charge in [0.05, 0.1) is 13.7 Å². The van der Waals surface area contributed by atoms with E-state index in [-0.39, 0.29) is 0 Å². The van der Waals surface area contributed by atoms with Crippen molar-refractivity contribution in [2.75, 3.05) is 14.2 Å². The van der Waals surface area contributed by atoms with Crippen molar-refractivity contribution in [3.8, 4) is 5.88 Å². The maximum absolute atomic E-state index is 5.82. The third kappa shape index (κ3) is 2.09. The molecule has 0 N–H and O–H groups in total. The third-order valence-electron chi connectivity index (χ3n) is 1.37. The summed E-state index contributed by atoms with van der Waals surface area (Å²) in [4.78, 5) is 3.98. The molecule has 0 saturated heterocycles. The molecular weight excluding hydrogens is 178 g/mol. The molecule has 1 aromatic rings. The molecule has 0 atom stereocenters. The summed E-state index contributed by atoms with van der Waals surface area (Å²) in [5, 5.41) is 0.507. The molecule has 1 heterocycles. The van der Waals surface area contributed by atoms with Gasteiger partial charge in [-0.2, -0.15) is 0 Å². The highest BCUT2D eigenvalue weighted by atomic mass is 35.5. The standard InChI is InChI=1S/C8H10ClNO2/c1-11-5-6-3-7(9)8(12-2)10-4-6/h3-4H,5H2,1-2H3. The first-order valence-corrected chi connectivity index (χ1v) is 3.83. The molecule has 0 spiro atoms. The first-order valence-electron chi connectivity index (χ1n) is 3.45. The van der Waals surface area contributed by atoms with Crippen LogP contribution in [0.3, 0.4) is 0 Å². The van der Waals surface area contributed by atoms with Crippen LogP contribution in [-0.4, -0.2) is 19.2 Å². The predicted molar refractivity (Wildman–Crippen MR) is 46.5 cm³/mol. The fourth-order valence-electron chi connectivity index (χ4n) is 0.861. The zero-order valence-corrected chi connectivity index (χ0v) is 7.76. The minimum Gasteiger partial charge on any atom is -0.480 e. The number of aromatic nitrogens is 1. The third-order valence-corrected chi connectivity index (χ3v) is 1.64. The molecule has 3 nitrogen and oxygen atoms in total. The predicted octanol–water partition coefficient (Wildman–Crippen LogP) is 1.89. The van der Waals surface area contributed by atoms with E-state index in [0.29, 0.717) is 17.5 Å². The van der Waals surface area contributed by atoms with Gasteiger partial charge in [-0.05, 0) is 11.6 Å². The summed E-state index contributed by atoms with van der Waals surface area (Å²) in [5.41, 5.74) is 0.934. The lowest BCUT2D eigenvalue weighted by Crippen LogP contribution is -1.92. The van der Waals surface area contributed by atoms with Gasteiger partial charge in [0, 0.05) is 13.3 Å². The Morgan fingerprint density at radius 1 is 1.50 bits per heavy atom. The van der Waals surface area contributed by atoms with Crippen LogP contribution in [0.15, 0.2) is 12.3 Å². The fraction of sp³-hybridized carbons (Fsp3) is 0.375. The minimum absolute atomic E-state index is 0.441. The Kier molecular flexibility index (Phi) is 3.31. The van der Waals surface area contributed by atoms with Gasteiger partial charge in [-0.25, -0.2) is 4.98 Å². The van der Waals surface area contributed by atoms with Crippen LogP contribution in [0.25, 0.3) is 0 Å². The molecule has 0 aliphatic heterocycles. The molecule has 4 heteroatoms. The van der Waals surface area contributed by atoms with E-state index in [4.69, 9.17) is 21.1 Å². The number of pyridine rings is 1. The van der Waals surface area contributed by atoms with Crippen LogP contribution in [-0.2, 0) is 11.3 Å². The molecule has 1 aromatic heterocycles. The maximum atomic E-state index is 5.82. The zero-order chi connectivity index (χ0) is 8.97. The molecule has 1 rings (SSSR count). The molecule has 0 aliphatic rings. The molecule has 12 heavy (non-hydrogen) atoms. The zero-order valence-electron chi connectivity index (χ0n) is 7.00. The Hall–Kier alpha value is -0.800. The number of nitrogens with zero attached hydrogens (tertiary/aromatic N) is 1. The second-order valence-corrected chi connectivity index (χ2v) is 2.67. The van der Waals surface area contributed by atoms with E-state index in [1.165, 1.54) is 7.11 Å². The average molecular weight is 188 g/mol. The first-order chi connectivity index (χ1) is 5.77. The Labute approximate surface area is 76.3 Å². The van der Waals surface area contributed by atoms with Gasteiger partial charge in [-0.3, -0.25) is 0 Å². The maximum Gasteiger partial charge on any atom is 0.232 e. The Balaban J connectivity index is 2.86. The van der Waals surface area contributed by atoms with Gasteiger partial charge in [-0.15, -0.1) is 0 Å². The SMILES string of the molecule is COCc1cnc(OC)c(Cl)c1. The molecule has 0 amide bonds. The Bertz CT molecular complexity index is 265. The second-order valence-electron chi connectivity index (χ2n) is 2.27. The van der Waals surface area contributed by atoms with Crippen molar-refractivity contribution < 1.29 is 9.47 Å². The Morgan fingerprint density at radius 3 is 2.75 bits per heavy atom. The van der Waals surface area contributed by atoms with Crippen LogP contribution in [0, 0.1) is 0 Å². The van der Waals surface area contributed by atoms with Crippen molar-refractivity contribution in [1.82, 2.24) is 4.98 Å². The number of halogens is 1. The average Bonchev–Trinajstić information content (AvgIpc) is 2.05. The van der Waals surface area contributed by atoms with E-state index in [1.54, 1.807) is 19.4 Å². The van der Waals surface area contributed by atoms with Gasteiger partial charge >= 0.3 is 0 Å². The lowest BCUT2D eigenvalue weighted by Gasteiger charge is -2.03. The van der Waals surface area contributed by atoms with Gasteiger partial charge < -0.3 is 9.47 Å². The van der Waals surface area contributed by atoms with Crippen molar-refractivity contribution in [2.45, 2.75) is 6.61 Å². The molecule has 0 unspecified atom stereocenters. The Morgan fingerprint density at radius 2 is 2.25 bits per heavy atom. The van der Waals surface area contributed by atoms with Gasteiger partial charge in [-0.1, -0.05) is 11.6 Å². The van der Waals surface area contributed by atoms with Crippen molar-refractivity contribution in [3.63, 3.8) is 0 Å². The van der Waals surface area contributed by atoms with E-state index in [0.717, 1.165) is 5.56 Å². The number of methoxy groups -OCH3 is 2. The fourth-order valence-corrected chi connectivity index (χ4v) is 1.13. The van der Waals surface area contributed by atoms with Crippen LogP contribution in [0.4, 0.5) is 0 Å². The minimum atomic E-state index is 0.441. The molecule has 0 radical (unpaired) electrons. The highest BCUT2D eigenvalue weighted by Gasteiger charge is 2.02. The van der Waals surface area contributed by atoms with Crippen LogP contribution in [0.5, 0.6) is 5.88 Å². The van der Waals surface area contributed by atoms with Gasteiger partial charge in [0.1, 0.15) is 5.02 Å². The number of rotatable bonds is 3. The topological polar surface area (TPSA) is 31.4 Å². The van der Waals surface area contributed by atoms with Crippen molar-refractivity contribution in [2.24, 2.45) is 0 Å². The first kappa shape index (κ1) is 9.29. The van der Waals surface area contributed by atoms with Gasteiger partial charge in [0.2, 0.25) is 5.88 Å². The highest BCUT2D eigenvalue weighted by molar-refractivity contribution is 6.31. The lowest BCUT2D eigenvalue weighted by atomic mass is 10.3. The van der Waals surface area contributed by atoms with E-state index in [2.05, 4.69) is 4.98 Å². The van der Waals surface area contributed by atoms with Crippen LogP contribution in [0.1, 0.15) is 5.56 Å². The summed E-state index contributed by atoms with van der Waals surface area (Å²) in [5.74, 6) is 0.441. The second kappa shape index (κ2) is 4.28. The normalized spacial score (nSPS) is 9.92. The lowest BCUT2D eigenvalue weighted by molar-refractivity contribution is 0.184. The van der Waals surface area contributed by atoms with Gasteiger partial charge in [0.25, 0.3) is 0 Å². The molecular formula is C8H10ClNO2. The smallest absolute Gasteiger partial charge is 0.232 e. The van der Waals surface area contributed by atoms with Crippen molar-refractivity contribution in [3.05, 3.63) is 22.8 Å². The van der Waals surface area contributed by atoms with E-state index >= 15 is 0 Å². The molecule has 0 fully saturated rings. The number of ether oxygens (including phenoxy) is 2. The number of hydrogen-bond acceptors (Lipinski definition) is 3.